The predicted molar refractivity (Wildman–Crippen MR) is 238 cm³/mol. The second kappa shape index (κ2) is 12.8. The summed E-state index contributed by atoms with van der Waals surface area (Å²) in [5.74, 6) is 1.06. The van der Waals surface area contributed by atoms with Crippen LogP contribution in [0.4, 0.5) is 0 Å². The van der Waals surface area contributed by atoms with Crippen LogP contribution in [0.5, 0.6) is 0 Å². The first-order chi connectivity index (χ1) is 28.3. The average molecular weight is 747 g/mol. The molecule has 10 aromatic rings. The van der Waals surface area contributed by atoms with Gasteiger partial charge in [0.2, 0.25) is 0 Å². The van der Waals surface area contributed by atoms with Gasteiger partial charge in [-0.1, -0.05) is 127 Å². The molecule has 2 unspecified atom stereocenters. The Bertz CT molecular complexity index is 3270. The van der Waals surface area contributed by atoms with Gasteiger partial charge in [0.1, 0.15) is 5.52 Å². The van der Waals surface area contributed by atoms with Crippen LogP contribution in [0.3, 0.4) is 0 Å². The molecule has 0 saturated carbocycles. The maximum Gasteiger partial charge on any atom is 0.160 e. The number of benzene rings is 7. The summed E-state index contributed by atoms with van der Waals surface area (Å²) in [6.45, 7) is 0. The summed E-state index contributed by atoms with van der Waals surface area (Å²) in [6, 6.07) is 62.9. The van der Waals surface area contributed by atoms with Crippen molar-refractivity contribution in [3.63, 3.8) is 0 Å². The van der Waals surface area contributed by atoms with Crippen LogP contribution in [0.25, 0.3) is 83.3 Å². The minimum absolute atomic E-state index is 0.355. The van der Waals surface area contributed by atoms with Crippen molar-refractivity contribution >= 4 is 61.1 Å². The highest BCUT2D eigenvalue weighted by Gasteiger charge is 2.32. The summed E-state index contributed by atoms with van der Waals surface area (Å²) >= 11 is 1.97. The van der Waals surface area contributed by atoms with Crippen molar-refractivity contribution < 1.29 is 0 Å². The average Bonchev–Trinajstić information content (AvgIpc) is 3.94. The fourth-order valence-corrected chi connectivity index (χ4v) is 10.4. The largest absolute Gasteiger partial charge is 0.309 e. The Balaban J connectivity index is 1.11. The highest BCUT2D eigenvalue weighted by molar-refractivity contribution is 8.00. The van der Waals surface area contributed by atoms with Crippen LogP contribution >= 0.6 is 11.8 Å². The SMILES string of the molecule is C1=CC2Sc3ccccc3C2C=C1c1ccc2c(c1)c1nc(-c3ccc4c(c3)c3ccccc3n4-c3ccccc3)nc(-c3ccccc3)c1n2-c1ccccc1. The number of thioether (sulfide) groups is 1. The van der Waals surface area contributed by atoms with Gasteiger partial charge in [-0.15, -0.1) is 11.8 Å². The van der Waals surface area contributed by atoms with E-state index in [1.54, 1.807) is 0 Å². The van der Waals surface area contributed by atoms with Gasteiger partial charge in [-0.2, -0.15) is 0 Å². The molecule has 4 heterocycles. The molecule has 0 saturated heterocycles. The Morgan fingerprint density at radius 1 is 0.491 bits per heavy atom. The zero-order valence-corrected chi connectivity index (χ0v) is 31.6. The lowest BCUT2D eigenvalue weighted by Crippen LogP contribution is -2.08. The first-order valence-electron chi connectivity index (χ1n) is 19.5. The second-order valence-electron chi connectivity index (χ2n) is 14.9. The molecule has 7 aromatic carbocycles. The Morgan fingerprint density at radius 2 is 1.12 bits per heavy atom. The van der Waals surface area contributed by atoms with Crippen molar-refractivity contribution in [1.29, 1.82) is 0 Å². The standard InChI is InChI=1S/C52H34N4S/c1-4-14-33(15-5-1)49-51-50(54-52(53-49)36-25-28-45-41(32-36)39-20-10-12-22-44(39)55(45)37-16-6-2-7-17-37)43-31-34(24-27-46(43)56(51)38-18-8-3-9-19-38)35-26-29-48-42(30-35)40-21-11-13-23-47(40)57-48/h1-32,42,48H. The predicted octanol–water partition coefficient (Wildman–Crippen LogP) is 13.2. The van der Waals surface area contributed by atoms with Gasteiger partial charge in [-0.25, -0.2) is 9.97 Å². The quantitative estimate of drug-likeness (QED) is 0.176. The van der Waals surface area contributed by atoms with Gasteiger partial charge in [-0.3, -0.25) is 0 Å². The molecule has 2 atom stereocenters. The molecule has 0 spiro atoms. The van der Waals surface area contributed by atoms with Gasteiger partial charge in [0, 0.05) is 54.7 Å². The highest BCUT2D eigenvalue weighted by Crippen LogP contribution is 2.50. The van der Waals surface area contributed by atoms with E-state index in [9.17, 15) is 0 Å². The Morgan fingerprint density at radius 3 is 1.93 bits per heavy atom. The number of aromatic nitrogens is 4. The lowest BCUT2D eigenvalue weighted by atomic mass is 9.87. The number of para-hydroxylation sites is 3. The monoisotopic (exact) mass is 746 g/mol. The summed E-state index contributed by atoms with van der Waals surface area (Å²) in [5, 5.41) is 3.91. The van der Waals surface area contributed by atoms with Crippen LogP contribution in [-0.2, 0) is 0 Å². The molecule has 0 N–H and O–H groups in total. The molecule has 5 heteroatoms. The third-order valence-electron chi connectivity index (χ3n) is 11.7. The Hall–Kier alpha value is -6.95. The Labute approximate surface area is 334 Å². The zero-order chi connectivity index (χ0) is 37.5. The number of hydrogen-bond donors (Lipinski definition) is 0. The third-order valence-corrected chi connectivity index (χ3v) is 13.0. The number of fused-ring (bicyclic) bond motifs is 9. The van der Waals surface area contributed by atoms with Crippen LogP contribution in [0.15, 0.2) is 199 Å². The van der Waals surface area contributed by atoms with E-state index in [0.717, 1.165) is 55.6 Å². The van der Waals surface area contributed by atoms with Gasteiger partial charge in [0.25, 0.3) is 0 Å². The van der Waals surface area contributed by atoms with Gasteiger partial charge in [0.15, 0.2) is 5.82 Å². The first kappa shape index (κ1) is 32.3. The number of rotatable bonds is 5. The molecule has 0 radical (unpaired) electrons. The summed E-state index contributed by atoms with van der Waals surface area (Å²) < 4.78 is 4.70. The van der Waals surface area contributed by atoms with Crippen molar-refractivity contribution in [1.82, 2.24) is 19.1 Å². The molecule has 268 valence electrons. The molecule has 1 aliphatic carbocycles. The van der Waals surface area contributed by atoms with Crippen molar-refractivity contribution in [2.45, 2.75) is 16.1 Å². The summed E-state index contributed by atoms with van der Waals surface area (Å²) in [7, 11) is 0. The Kier molecular flexibility index (Phi) is 7.26. The molecule has 12 rings (SSSR count). The van der Waals surface area contributed by atoms with Crippen molar-refractivity contribution in [3.8, 4) is 34.0 Å². The van der Waals surface area contributed by atoms with E-state index in [2.05, 4.69) is 203 Å². The van der Waals surface area contributed by atoms with E-state index in [4.69, 9.17) is 9.97 Å². The number of allylic oxidation sites excluding steroid dienone is 3. The van der Waals surface area contributed by atoms with Crippen LogP contribution in [-0.4, -0.2) is 24.4 Å². The van der Waals surface area contributed by atoms with E-state index in [-0.39, 0.29) is 0 Å². The molecule has 57 heavy (non-hydrogen) atoms. The fourth-order valence-electron chi connectivity index (χ4n) is 9.06. The van der Waals surface area contributed by atoms with Crippen molar-refractivity contribution in [2.24, 2.45) is 0 Å². The van der Waals surface area contributed by atoms with E-state index in [0.29, 0.717) is 17.0 Å². The van der Waals surface area contributed by atoms with Crippen LogP contribution in [0.2, 0.25) is 0 Å². The summed E-state index contributed by atoms with van der Waals surface area (Å²) in [5.41, 5.74) is 14.4. The molecular formula is C52H34N4S. The van der Waals surface area contributed by atoms with E-state index >= 15 is 0 Å². The first-order valence-corrected chi connectivity index (χ1v) is 20.4. The molecule has 3 aromatic heterocycles. The topological polar surface area (TPSA) is 35.6 Å². The molecule has 1 aliphatic heterocycles. The van der Waals surface area contributed by atoms with E-state index in [1.165, 1.54) is 37.9 Å². The third kappa shape index (κ3) is 5.09. The lowest BCUT2D eigenvalue weighted by molar-refractivity contribution is 0.884. The van der Waals surface area contributed by atoms with E-state index in [1.807, 2.05) is 11.8 Å². The van der Waals surface area contributed by atoms with Crippen LogP contribution < -0.4 is 0 Å². The van der Waals surface area contributed by atoms with Gasteiger partial charge in [-0.05, 0) is 83.4 Å². The second-order valence-corrected chi connectivity index (χ2v) is 16.1. The molecule has 2 aliphatic rings. The molecule has 0 amide bonds. The normalized spacial score (nSPS) is 16.0. The zero-order valence-electron chi connectivity index (χ0n) is 30.8. The van der Waals surface area contributed by atoms with Gasteiger partial charge >= 0.3 is 0 Å². The van der Waals surface area contributed by atoms with Gasteiger partial charge < -0.3 is 9.13 Å². The van der Waals surface area contributed by atoms with Crippen LogP contribution in [0, 0.1) is 0 Å². The molecule has 4 nitrogen and oxygen atoms in total. The van der Waals surface area contributed by atoms with Crippen LogP contribution in [0.1, 0.15) is 17.0 Å². The van der Waals surface area contributed by atoms with E-state index < -0.39 is 0 Å². The van der Waals surface area contributed by atoms with Crippen molar-refractivity contribution in [2.75, 3.05) is 0 Å². The minimum Gasteiger partial charge on any atom is -0.309 e. The maximum atomic E-state index is 5.55. The number of hydrogen-bond acceptors (Lipinski definition) is 3. The van der Waals surface area contributed by atoms with Crippen molar-refractivity contribution in [3.05, 3.63) is 205 Å². The highest BCUT2D eigenvalue weighted by atomic mass is 32.2. The summed E-state index contributed by atoms with van der Waals surface area (Å²) in [4.78, 5) is 12.4. The summed E-state index contributed by atoms with van der Waals surface area (Å²) in [6.07, 6.45) is 7.17. The molecule has 0 fully saturated rings. The van der Waals surface area contributed by atoms with Gasteiger partial charge in [0.05, 0.1) is 27.8 Å². The minimum atomic E-state index is 0.355. The number of nitrogens with zero attached hydrogens (tertiary/aromatic N) is 4. The fraction of sp³-hybridized carbons (Fsp3) is 0.0385. The molecular weight excluding hydrogens is 713 g/mol. The smallest absolute Gasteiger partial charge is 0.160 e. The maximum absolute atomic E-state index is 5.55. The molecule has 0 bridgehead atoms. The lowest BCUT2D eigenvalue weighted by Gasteiger charge is -2.19.